The summed E-state index contributed by atoms with van der Waals surface area (Å²) in [6, 6.07) is 0. The van der Waals surface area contributed by atoms with Gasteiger partial charge in [-0.3, -0.25) is 0 Å². The van der Waals surface area contributed by atoms with Crippen LogP contribution in [0.2, 0.25) is 5.82 Å². The number of rotatable bonds is 0. The monoisotopic (exact) mass is 181 g/mol. The lowest BCUT2D eigenvalue weighted by molar-refractivity contribution is 0.922. The van der Waals surface area contributed by atoms with Gasteiger partial charge < -0.3 is 4.72 Å². The minimum absolute atomic E-state index is 0.742. The van der Waals surface area contributed by atoms with Crippen LogP contribution in [0.1, 0.15) is 20.3 Å². The molecule has 0 amide bonds. The largest absolute Gasteiger partial charge is 0.330 e. The first-order chi connectivity index (χ1) is 5.61. The van der Waals surface area contributed by atoms with E-state index in [4.69, 9.17) is 0 Å². The van der Waals surface area contributed by atoms with E-state index in [1.807, 2.05) is 0 Å². The molecule has 0 saturated carbocycles. The minimum atomic E-state index is 0.742. The molecule has 1 aliphatic heterocycles. The number of hydrogen-bond donors (Lipinski definition) is 1. The van der Waals surface area contributed by atoms with E-state index in [1.165, 1.54) is 22.6 Å². The maximum absolute atomic E-state index is 4.09. The highest BCUT2D eigenvalue weighted by atomic mass is 32.2. The van der Waals surface area contributed by atoms with Crippen LogP contribution in [0.3, 0.4) is 0 Å². The van der Waals surface area contributed by atoms with Crippen molar-refractivity contribution in [3.05, 3.63) is 23.4 Å². The van der Waals surface area contributed by atoms with Gasteiger partial charge in [-0.25, -0.2) is 0 Å². The van der Waals surface area contributed by atoms with E-state index >= 15 is 0 Å². The van der Waals surface area contributed by atoms with E-state index in [0.29, 0.717) is 0 Å². The van der Waals surface area contributed by atoms with E-state index < -0.39 is 0 Å². The summed E-state index contributed by atoms with van der Waals surface area (Å²) in [7, 11) is 2.27. The van der Waals surface area contributed by atoms with Crippen LogP contribution < -0.4 is 4.72 Å². The second kappa shape index (κ2) is 4.08. The number of hydrogen-bond acceptors (Lipinski definition) is 2. The predicted octanol–water partition coefficient (Wildman–Crippen LogP) is 1.90. The van der Waals surface area contributed by atoms with Gasteiger partial charge in [0.1, 0.15) is 7.85 Å². The van der Waals surface area contributed by atoms with Gasteiger partial charge in [0.25, 0.3) is 0 Å². The van der Waals surface area contributed by atoms with Crippen molar-refractivity contribution >= 4 is 19.8 Å². The third kappa shape index (κ3) is 2.34. The Hall–Kier alpha value is -0.305. The topological polar surface area (TPSA) is 12.0 Å². The van der Waals surface area contributed by atoms with Gasteiger partial charge in [0.05, 0.1) is 0 Å². The average Bonchev–Trinajstić information content (AvgIpc) is 2.10. The molecule has 0 radical (unpaired) electrons. The van der Waals surface area contributed by atoms with Crippen molar-refractivity contribution in [3.8, 4) is 0 Å². The Labute approximate surface area is 80.2 Å². The summed E-state index contributed by atoms with van der Waals surface area (Å²) in [4.78, 5) is 0. The first-order valence-electron chi connectivity index (χ1n) is 4.34. The van der Waals surface area contributed by atoms with Crippen LogP contribution in [0, 0.1) is 0 Å². The van der Waals surface area contributed by atoms with Gasteiger partial charge in [-0.15, -0.1) is 0 Å². The van der Waals surface area contributed by atoms with E-state index in [2.05, 4.69) is 33.0 Å². The van der Waals surface area contributed by atoms with Crippen LogP contribution in [0.4, 0.5) is 0 Å². The number of allylic oxidation sites excluding steroid dienone is 2. The molecular weight excluding hydrogens is 165 g/mol. The van der Waals surface area contributed by atoms with E-state index in [-0.39, 0.29) is 0 Å². The molecule has 66 valence electrons. The molecule has 1 nitrogen and oxygen atoms in total. The van der Waals surface area contributed by atoms with Gasteiger partial charge in [-0.2, -0.15) is 0 Å². The maximum Gasteiger partial charge on any atom is 0.106 e. The summed E-state index contributed by atoms with van der Waals surface area (Å²) in [5, 5.41) is 0. The van der Waals surface area contributed by atoms with Crippen LogP contribution in [-0.2, 0) is 0 Å². The van der Waals surface area contributed by atoms with Crippen molar-refractivity contribution < 1.29 is 0 Å². The van der Waals surface area contributed by atoms with Gasteiger partial charge >= 0.3 is 0 Å². The Morgan fingerprint density at radius 2 is 2.33 bits per heavy atom. The molecule has 1 rings (SSSR count). The van der Waals surface area contributed by atoms with Crippen LogP contribution in [-0.4, -0.2) is 13.6 Å². The highest BCUT2D eigenvalue weighted by Crippen LogP contribution is 2.28. The fourth-order valence-corrected chi connectivity index (χ4v) is 2.34. The van der Waals surface area contributed by atoms with E-state index in [0.717, 1.165) is 12.2 Å². The summed E-state index contributed by atoms with van der Waals surface area (Å²) in [6.45, 7) is 8.35. The van der Waals surface area contributed by atoms with Gasteiger partial charge in [0.2, 0.25) is 0 Å². The highest BCUT2D eigenvalue weighted by Gasteiger charge is 2.14. The first-order valence-corrected chi connectivity index (χ1v) is 5.33. The minimum Gasteiger partial charge on any atom is -0.330 e. The summed E-state index contributed by atoms with van der Waals surface area (Å²) in [5.41, 5.74) is 3.85. The van der Waals surface area contributed by atoms with Crippen LogP contribution >= 0.6 is 11.9 Å². The Morgan fingerprint density at radius 1 is 1.67 bits per heavy atom. The fraction of sp³-hybridized carbons (Fsp3) is 0.556. The Balaban J connectivity index is 2.78. The van der Waals surface area contributed by atoms with Gasteiger partial charge in [0.15, 0.2) is 0 Å². The van der Waals surface area contributed by atoms with Crippen LogP contribution in [0.25, 0.3) is 0 Å². The summed E-state index contributed by atoms with van der Waals surface area (Å²) in [6.07, 6.45) is 1.13. The number of nitrogens with one attached hydrogen (secondary N) is 1. The maximum atomic E-state index is 4.09. The second-order valence-electron chi connectivity index (χ2n) is 3.70. The molecule has 1 heterocycles. The summed E-state index contributed by atoms with van der Waals surface area (Å²) in [5.74, 6) is 1.92. The predicted molar refractivity (Wildman–Crippen MR) is 60.0 cm³/mol. The quantitative estimate of drug-likeness (QED) is 0.452. The van der Waals surface area contributed by atoms with Crippen molar-refractivity contribution in [1.29, 1.82) is 0 Å². The molecular formula is C9H16BNS. The average molecular weight is 181 g/mol. The highest BCUT2D eigenvalue weighted by molar-refractivity contribution is 7.97. The van der Waals surface area contributed by atoms with E-state index in [9.17, 15) is 0 Å². The molecule has 1 fully saturated rings. The summed E-state index contributed by atoms with van der Waals surface area (Å²) < 4.78 is 3.36. The zero-order valence-electron chi connectivity index (χ0n) is 8.11. The molecule has 12 heavy (non-hydrogen) atoms. The van der Waals surface area contributed by atoms with Crippen LogP contribution in [0.5, 0.6) is 0 Å². The van der Waals surface area contributed by atoms with Crippen molar-refractivity contribution in [3.63, 3.8) is 0 Å². The lowest BCUT2D eigenvalue weighted by Crippen LogP contribution is -2.04. The van der Waals surface area contributed by atoms with Crippen molar-refractivity contribution in [2.24, 2.45) is 0 Å². The Kier molecular flexibility index (Phi) is 3.33. The SMILES string of the molecule is BC1CSNC(=C(C)C)C(=C)C1. The third-order valence-corrected chi connectivity index (χ3v) is 3.07. The van der Waals surface area contributed by atoms with Crippen LogP contribution in [0.15, 0.2) is 23.4 Å². The molecule has 0 bridgehead atoms. The molecule has 0 aliphatic carbocycles. The molecule has 1 aliphatic rings. The van der Waals surface area contributed by atoms with Gasteiger partial charge in [-0.1, -0.05) is 29.9 Å². The molecule has 1 unspecified atom stereocenters. The fourth-order valence-electron chi connectivity index (χ4n) is 1.37. The zero-order valence-corrected chi connectivity index (χ0v) is 8.92. The smallest absolute Gasteiger partial charge is 0.106 e. The Bertz CT molecular complexity index is 219. The molecule has 0 aromatic rings. The zero-order chi connectivity index (χ0) is 9.14. The first kappa shape index (κ1) is 9.78. The standard InChI is InChI=1S/C9H16BNS/c1-6(2)9-7(3)4-8(10)5-12-11-9/h8,11H,3-5,10H2,1-2H3. The molecule has 0 aromatic heterocycles. The lowest BCUT2D eigenvalue weighted by atomic mass is 9.83. The van der Waals surface area contributed by atoms with E-state index in [1.54, 1.807) is 11.9 Å². The third-order valence-electron chi connectivity index (χ3n) is 1.99. The molecule has 1 atom stereocenters. The van der Waals surface area contributed by atoms with Gasteiger partial charge in [-0.05, 0) is 25.8 Å². The van der Waals surface area contributed by atoms with Crippen molar-refractivity contribution in [2.75, 3.05) is 5.75 Å². The van der Waals surface area contributed by atoms with Crippen molar-refractivity contribution in [2.45, 2.75) is 26.1 Å². The molecule has 0 aromatic carbocycles. The molecule has 1 saturated heterocycles. The molecule has 3 heteroatoms. The molecule has 0 spiro atoms. The second-order valence-corrected chi connectivity index (χ2v) is 4.53. The molecule has 1 N–H and O–H groups in total. The van der Waals surface area contributed by atoms with Gasteiger partial charge in [0, 0.05) is 11.4 Å². The normalized spacial score (nSPS) is 24.7. The lowest BCUT2D eigenvalue weighted by Gasteiger charge is -2.10. The summed E-state index contributed by atoms with van der Waals surface area (Å²) >= 11 is 1.80. The van der Waals surface area contributed by atoms with Crippen molar-refractivity contribution in [1.82, 2.24) is 4.72 Å². The Morgan fingerprint density at radius 3 is 2.92 bits per heavy atom.